The van der Waals surface area contributed by atoms with Gasteiger partial charge in [0.25, 0.3) is 0 Å². The summed E-state index contributed by atoms with van der Waals surface area (Å²) in [6.45, 7) is 6.65. The molecule has 0 spiro atoms. The van der Waals surface area contributed by atoms with Gasteiger partial charge in [-0.25, -0.2) is 0 Å². The van der Waals surface area contributed by atoms with Gasteiger partial charge in [-0.05, 0) is 25.6 Å². The minimum absolute atomic E-state index is 0.0446. The fourth-order valence-electron chi connectivity index (χ4n) is 3.02. The van der Waals surface area contributed by atoms with Gasteiger partial charge in [0.15, 0.2) is 0 Å². The second-order valence-corrected chi connectivity index (χ2v) is 6.05. The van der Waals surface area contributed by atoms with Crippen LogP contribution in [0.15, 0.2) is 48.5 Å². The number of aryl methyl sites for hydroxylation is 1. The molecule has 0 aliphatic rings. The number of likely N-dealkylation sites (N-methyl/N-ethyl adjacent to an activating group) is 1. The van der Waals surface area contributed by atoms with Crippen LogP contribution in [-0.4, -0.2) is 14.2 Å². The molecule has 0 heterocycles. The first-order valence-electron chi connectivity index (χ1n) is 7.38. The molecule has 0 aromatic heterocycles. The zero-order valence-corrected chi connectivity index (χ0v) is 13.6. The number of rotatable bonds is 5. The molecule has 0 aliphatic heterocycles. The molecule has 0 aliphatic carbocycles. The maximum atomic E-state index is 5.57. The summed E-state index contributed by atoms with van der Waals surface area (Å²) in [5.41, 5.74) is 3.72. The van der Waals surface area contributed by atoms with Crippen molar-refractivity contribution in [2.75, 3.05) is 14.2 Å². The number of hydrogen-bond acceptors (Lipinski definition) is 2. The van der Waals surface area contributed by atoms with Gasteiger partial charge in [0.1, 0.15) is 5.75 Å². The molecule has 2 aromatic carbocycles. The number of hydrogen-bond donors (Lipinski definition) is 1. The average molecular weight is 283 g/mol. The summed E-state index contributed by atoms with van der Waals surface area (Å²) in [5.74, 6) is 0.934. The van der Waals surface area contributed by atoms with Crippen molar-refractivity contribution in [3.8, 4) is 5.75 Å². The molecule has 1 unspecified atom stereocenters. The third-order valence-corrected chi connectivity index (χ3v) is 4.22. The van der Waals surface area contributed by atoms with E-state index in [1.54, 1.807) is 7.11 Å². The van der Waals surface area contributed by atoms with Crippen molar-refractivity contribution < 1.29 is 4.74 Å². The van der Waals surface area contributed by atoms with Gasteiger partial charge in [-0.2, -0.15) is 0 Å². The number of ether oxygens (including phenoxy) is 1. The number of methoxy groups -OCH3 is 1. The van der Waals surface area contributed by atoms with E-state index in [1.807, 2.05) is 7.05 Å². The topological polar surface area (TPSA) is 21.3 Å². The Hall–Kier alpha value is -1.80. The Kier molecular flexibility index (Phi) is 4.69. The van der Waals surface area contributed by atoms with Crippen LogP contribution in [0.3, 0.4) is 0 Å². The first-order valence-corrected chi connectivity index (χ1v) is 7.38. The summed E-state index contributed by atoms with van der Waals surface area (Å²) in [5, 5.41) is 3.48. The Morgan fingerprint density at radius 2 is 1.71 bits per heavy atom. The molecule has 2 heteroatoms. The summed E-state index contributed by atoms with van der Waals surface area (Å²) < 4.78 is 5.57. The lowest BCUT2D eigenvalue weighted by Crippen LogP contribution is -2.35. The smallest absolute Gasteiger partial charge is 0.123 e. The van der Waals surface area contributed by atoms with Crippen molar-refractivity contribution in [2.45, 2.75) is 32.2 Å². The third-order valence-electron chi connectivity index (χ3n) is 4.22. The van der Waals surface area contributed by atoms with Crippen molar-refractivity contribution in [3.63, 3.8) is 0 Å². The van der Waals surface area contributed by atoms with Crippen LogP contribution in [0.2, 0.25) is 0 Å². The van der Waals surface area contributed by atoms with Crippen LogP contribution in [-0.2, 0) is 5.41 Å². The first-order chi connectivity index (χ1) is 10.0. The monoisotopic (exact) mass is 283 g/mol. The zero-order chi connectivity index (χ0) is 15.5. The van der Waals surface area contributed by atoms with E-state index in [2.05, 4.69) is 74.6 Å². The Morgan fingerprint density at radius 1 is 1.05 bits per heavy atom. The molecule has 2 nitrogen and oxygen atoms in total. The molecule has 0 radical (unpaired) electrons. The quantitative estimate of drug-likeness (QED) is 0.886. The maximum Gasteiger partial charge on any atom is 0.123 e. The van der Waals surface area contributed by atoms with E-state index < -0.39 is 0 Å². The van der Waals surface area contributed by atoms with Crippen molar-refractivity contribution in [2.24, 2.45) is 0 Å². The van der Waals surface area contributed by atoms with Crippen LogP contribution >= 0.6 is 0 Å². The van der Waals surface area contributed by atoms with Crippen LogP contribution in [0.25, 0.3) is 0 Å². The van der Waals surface area contributed by atoms with E-state index in [0.29, 0.717) is 0 Å². The largest absolute Gasteiger partial charge is 0.496 e. The van der Waals surface area contributed by atoms with Gasteiger partial charge in [-0.15, -0.1) is 0 Å². The molecule has 1 atom stereocenters. The Labute approximate surface area is 128 Å². The van der Waals surface area contributed by atoms with E-state index in [9.17, 15) is 0 Å². The Morgan fingerprint density at radius 3 is 2.29 bits per heavy atom. The van der Waals surface area contributed by atoms with Gasteiger partial charge in [0.05, 0.1) is 7.11 Å². The second kappa shape index (κ2) is 6.31. The summed E-state index contributed by atoms with van der Waals surface area (Å²) >= 11 is 0. The van der Waals surface area contributed by atoms with Crippen LogP contribution in [0.1, 0.15) is 36.6 Å². The molecule has 0 fully saturated rings. The van der Waals surface area contributed by atoms with E-state index in [0.717, 1.165) is 5.75 Å². The van der Waals surface area contributed by atoms with Gasteiger partial charge in [-0.1, -0.05) is 61.9 Å². The predicted molar refractivity (Wildman–Crippen MR) is 89.0 cm³/mol. The standard InChI is InChI=1S/C19H25NO/c1-14-11-12-17(21-5)16(13-14)18(20-4)19(2,3)15-9-7-6-8-10-15/h6-13,18,20H,1-5H3. The summed E-state index contributed by atoms with van der Waals surface area (Å²) in [7, 11) is 3.74. The van der Waals surface area contributed by atoms with Crippen LogP contribution in [0.5, 0.6) is 5.75 Å². The molecule has 112 valence electrons. The highest BCUT2D eigenvalue weighted by Crippen LogP contribution is 2.40. The highest BCUT2D eigenvalue weighted by Gasteiger charge is 2.33. The van der Waals surface area contributed by atoms with Crippen molar-refractivity contribution >= 4 is 0 Å². The summed E-state index contributed by atoms with van der Waals surface area (Å²) in [4.78, 5) is 0. The summed E-state index contributed by atoms with van der Waals surface area (Å²) in [6.07, 6.45) is 0. The molecular weight excluding hydrogens is 258 g/mol. The van der Waals surface area contributed by atoms with Gasteiger partial charge in [-0.3, -0.25) is 0 Å². The lowest BCUT2D eigenvalue weighted by molar-refractivity contribution is 0.345. The highest BCUT2D eigenvalue weighted by molar-refractivity contribution is 5.42. The van der Waals surface area contributed by atoms with Gasteiger partial charge in [0.2, 0.25) is 0 Å². The molecule has 2 aromatic rings. The molecular formula is C19H25NO. The fourth-order valence-corrected chi connectivity index (χ4v) is 3.02. The molecule has 0 saturated carbocycles. The third kappa shape index (κ3) is 3.11. The Bertz CT molecular complexity index is 590. The second-order valence-electron chi connectivity index (χ2n) is 6.05. The van der Waals surface area contributed by atoms with Gasteiger partial charge in [0, 0.05) is 17.0 Å². The first kappa shape index (κ1) is 15.6. The molecule has 0 bridgehead atoms. The maximum absolute atomic E-state index is 5.57. The average Bonchev–Trinajstić information content (AvgIpc) is 2.49. The van der Waals surface area contributed by atoms with E-state index in [1.165, 1.54) is 16.7 Å². The minimum Gasteiger partial charge on any atom is -0.496 e. The van der Waals surface area contributed by atoms with Crippen molar-refractivity contribution in [1.29, 1.82) is 0 Å². The SMILES string of the molecule is CNC(c1cc(C)ccc1OC)C(C)(C)c1ccccc1. The fraction of sp³-hybridized carbons (Fsp3) is 0.368. The number of benzene rings is 2. The lowest BCUT2D eigenvalue weighted by Gasteiger charge is -2.36. The van der Waals surface area contributed by atoms with Gasteiger partial charge >= 0.3 is 0 Å². The van der Waals surface area contributed by atoms with E-state index >= 15 is 0 Å². The highest BCUT2D eigenvalue weighted by atomic mass is 16.5. The zero-order valence-electron chi connectivity index (χ0n) is 13.6. The molecule has 0 amide bonds. The normalized spacial score (nSPS) is 13.0. The molecule has 0 saturated heterocycles. The van der Waals surface area contributed by atoms with Gasteiger partial charge < -0.3 is 10.1 Å². The molecule has 2 rings (SSSR count). The summed E-state index contributed by atoms with van der Waals surface area (Å²) in [6, 6.07) is 17.1. The van der Waals surface area contributed by atoms with Crippen LogP contribution in [0.4, 0.5) is 0 Å². The lowest BCUT2D eigenvalue weighted by atomic mass is 9.74. The van der Waals surface area contributed by atoms with Crippen molar-refractivity contribution in [3.05, 3.63) is 65.2 Å². The van der Waals surface area contributed by atoms with Crippen LogP contribution < -0.4 is 10.1 Å². The van der Waals surface area contributed by atoms with Crippen molar-refractivity contribution in [1.82, 2.24) is 5.32 Å². The predicted octanol–water partition coefficient (Wildman–Crippen LogP) is 4.24. The molecule has 1 N–H and O–H groups in total. The van der Waals surface area contributed by atoms with E-state index in [-0.39, 0.29) is 11.5 Å². The molecule has 21 heavy (non-hydrogen) atoms. The Balaban J connectivity index is 2.51. The number of nitrogens with one attached hydrogen (secondary N) is 1. The minimum atomic E-state index is -0.0446. The van der Waals surface area contributed by atoms with Crippen LogP contribution in [0, 0.1) is 6.92 Å². The van der Waals surface area contributed by atoms with E-state index in [4.69, 9.17) is 4.74 Å².